The Bertz CT molecular complexity index is 1020. The molecule has 4 rings (SSSR count). The number of para-hydroxylation sites is 1. The third-order valence-electron chi connectivity index (χ3n) is 5.29. The normalized spacial score (nSPS) is 14.2. The van der Waals surface area contributed by atoms with Crippen molar-refractivity contribution in [3.05, 3.63) is 65.3 Å². The number of fused-ring (bicyclic) bond motifs is 1. The van der Waals surface area contributed by atoms with Crippen LogP contribution in [0.3, 0.4) is 0 Å². The summed E-state index contributed by atoms with van der Waals surface area (Å²) >= 11 is 5.90. The summed E-state index contributed by atoms with van der Waals surface area (Å²) in [6.07, 6.45) is 4.82. The van der Waals surface area contributed by atoms with Crippen molar-refractivity contribution in [2.75, 3.05) is 19.7 Å². The largest absolute Gasteiger partial charge is 0.492 e. The maximum atomic E-state index is 13.0. The van der Waals surface area contributed by atoms with Crippen LogP contribution in [0.2, 0.25) is 5.02 Å². The molecule has 29 heavy (non-hydrogen) atoms. The number of halogens is 1. The zero-order chi connectivity index (χ0) is 20.2. The molecule has 0 bridgehead atoms. The molecule has 2 heterocycles. The molecule has 1 aliphatic rings. The van der Waals surface area contributed by atoms with Crippen molar-refractivity contribution in [1.82, 2.24) is 9.47 Å². The predicted octanol–water partition coefficient (Wildman–Crippen LogP) is 4.57. The predicted molar refractivity (Wildman–Crippen MR) is 114 cm³/mol. The molecular formula is C23H23ClN2O3. The van der Waals surface area contributed by atoms with Gasteiger partial charge in [-0.05, 0) is 49.6 Å². The topological polar surface area (TPSA) is 51.5 Å². The van der Waals surface area contributed by atoms with Crippen LogP contribution in [0.15, 0.2) is 54.7 Å². The number of amides is 1. The minimum atomic E-state index is -0.430. The third kappa shape index (κ3) is 4.30. The Morgan fingerprint density at radius 2 is 1.69 bits per heavy atom. The molecule has 1 amide bonds. The van der Waals surface area contributed by atoms with Crippen LogP contribution in [0.4, 0.5) is 0 Å². The van der Waals surface area contributed by atoms with Gasteiger partial charge in [-0.15, -0.1) is 0 Å². The lowest BCUT2D eigenvalue weighted by Gasteiger charge is -2.25. The number of rotatable bonds is 6. The molecule has 0 N–H and O–H groups in total. The Hall–Kier alpha value is -2.79. The third-order valence-corrected chi connectivity index (χ3v) is 5.54. The van der Waals surface area contributed by atoms with E-state index in [0.29, 0.717) is 36.8 Å². The lowest BCUT2D eigenvalue weighted by molar-refractivity contribution is -0.127. The SMILES string of the molecule is O=C(C(=O)N1CCCCC1)c1cn(CCOc2ccc(Cl)cc2)c2ccccc12. The molecule has 2 aromatic carbocycles. The van der Waals surface area contributed by atoms with Crippen LogP contribution in [0.25, 0.3) is 10.9 Å². The minimum Gasteiger partial charge on any atom is -0.492 e. The van der Waals surface area contributed by atoms with Gasteiger partial charge in [-0.1, -0.05) is 29.8 Å². The van der Waals surface area contributed by atoms with Crippen molar-refractivity contribution < 1.29 is 14.3 Å². The molecule has 1 fully saturated rings. The van der Waals surface area contributed by atoms with Gasteiger partial charge in [0.25, 0.3) is 11.7 Å². The maximum absolute atomic E-state index is 13.0. The van der Waals surface area contributed by atoms with E-state index < -0.39 is 11.7 Å². The lowest BCUT2D eigenvalue weighted by atomic mass is 10.1. The number of piperidine rings is 1. The smallest absolute Gasteiger partial charge is 0.295 e. The Balaban J connectivity index is 1.52. The zero-order valence-electron chi connectivity index (χ0n) is 16.1. The molecule has 0 saturated carbocycles. The second kappa shape index (κ2) is 8.70. The first-order chi connectivity index (χ1) is 14.1. The van der Waals surface area contributed by atoms with E-state index in [0.717, 1.165) is 35.9 Å². The minimum absolute atomic E-state index is 0.398. The van der Waals surface area contributed by atoms with Crippen molar-refractivity contribution in [2.24, 2.45) is 0 Å². The highest BCUT2D eigenvalue weighted by Crippen LogP contribution is 2.23. The van der Waals surface area contributed by atoms with Gasteiger partial charge in [0.05, 0.1) is 12.1 Å². The highest BCUT2D eigenvalue weighted by Gasteiger charge is 2.27. The van der Waals surface area contributed by atoms with Gasteiger partial charge in [0.15, 0.2) is 0 Å². The second-order valence-electron chi connectivity index (χ2n) is 7.24. The van der Waals surface area contributed by atoms with E-state index in [9.17, 15) is 9.59 Å². The fourth-order valence-electron chi connectivity index (χ4n) is 3.76. The van der Waals surface area contributed by atoms with Gasteiger partial charge >= 0.3 is 0 Å². The first-order valence-electron chi connectivity index (χ1n) is 9.93. The van der Waals surface area contributed by atoms with E-state index in [1.807, 2.05) is 41.0 Å². The van der Waals surface area contributed by atoms with Crippen LogP contribution in [0, 0.1) is 0 Å². The van der Waals surface area contributed by atoms with Crippen molar-refractivity contribution in [3.8, 4) is 5.75 Å². The number of ketones is 1. The molecule has 150 valence electrons. The van der Waals surface area contributed by atoms with Crippen LogP contribution in [0.5, 0.6) is 5.75 Å². The first kappa shape index (κ1) is 19.5. The first-order valence-corrected chi connectivity index (χ1v) is 10.3. The summed E-state index contributed by atoms with van der Waals surface area (Å²) in [4.78, 5) is 27.3. The summed E-state index contributed by atoms with van der Waals surface area (Å²) < 4.78 is 7.76. The van der Waals surface area contributed by atoms with Crippen LogP contribution >= 0.6 is 11.6 Å². The van der Waals surface area contributed by atoms with E-state index in [2.05, 4.69) is 0 Å². The zero-order valence-corrected chi connectivity index (χ0v) is 16.9. The Labute approximate surface area is 174 Å². The summed E-state index contributed by atoms with van der Waals surface area (Å²) in [5.41, 5.74) is 1.38. The van der Waals surface area contributed by atoms with Gasteiger partial charge < -0.3 is 14.2 Å². The van der Waals surface area contributed by atoms with Crippen molar-refractivity contribution in [2.45, 2.75) is 25.8 Å². The molecule has 1 aromatic heterocycles. The van der Waals surface area contributed by atoms with Gasteiger partial charge in [-0.3, -0.25) is 9.59 Å². The van der Waals surface area contributed by atoms with Gasteiger partial charge in [0.2, 0.25) is 0 Å². The number of carbonyl (C=O) groups excluding carboxylic acids is 2. The van der Waals surface area contributed by atoms with Crippen LogP contribution in [-0.2, 0) is 11.3 Å². The highest BCUT2D eigenvalue weighted by atomic mass is 35.5. The fourth-order valence-corrected chi connectivity index (χ4v) is 3.89. The maximum Gasteiger partial charge on any atom is 0.295 e. The van der Waals surface area contributed by atoms with E-state index in [1.165, 1.54) is 0 Å². The van der Waals surface area contributed by atoms with E-state index in [1.54, 1.807) is 23.2 Å². The van der Waals surface area contributed by atoms with Crippen LogP contribution in [-0.4, -0.2) is 40.9 Å². The van der Waals surface area contributed by atoms with Crippen LogP contribution in [0.1, 0.15) is 29.6 Å². The number of hydrogen-bond acceptors (Lipinski definition) is 3. The number of hydrogen-bond donors (Lipinski definition) is 0. The van der Waals surface area contributed by atoms with Crippen molar-refractivity contribution in [3.63, 3.8) is 0 Å². The fraction of sp³-hybridized carbons (Fsp3) is 0.304. The molecule has 0 spiro atoms. The van der Waals surface area contributed by atoms with E-state index in [4.69, 9.17) is 16.3 Å². The molecule has 0 radical (unpaired) electrons. The van der Waals surface area contributed by atoms with E-state index >= 15 is 0 Å². The monoisotopic (exact) mass is 410 g/mol. The van der Waals surface area contributed by atoms with Gasteiger partial charge in [-0.25, -0.2) is 0 Å². The average molecular weight is 411 g/mol. The Kier molecular flexibility index (Phi) is 5.86. The summed E-state index contributed by atoms with van der Waals surface area (Å²) in [6, 6.07) is 14.9. The second-order valence-corrected chi connectivity index (χ2v) is 7.67. The van der Waals surface area contributed by atoms with Gasteiger partial charge in [-0.2, -0.15) is 0 Å². The summed E-state index contributed by atoms with van der Waals surface area (Å²) in [5.74, 6) is -0.0899. The molecule has 0 aliphatic carbocycles. The van der Waals surface area contributed by atoms with Gasteiger partial charge in [0, 0.05) is 35.2 Å². The van der Waals surface area contributed by atoms with Crippen LogP contribution < -0.4 is 4.74 Å². The van der Waals surface area contributed by atoms with Crippen molar-refractivity contribution in [1.29, 1.82) is 0 Å². The van der Waals surface area contributed by atoms with Crippen molar-refractivity contribution >= 4 is 34.2 Å². The molecule has 0 unspecified atom stereocenters. The quantitative estimate of drug-likeness (QED) is 0.442. The number of benzene rings is 2. The Morgan fingerprint density at radius 1 is 0.966 bits per heavy atom. The number of ether oxygens (including phenoxy) is 1. The standard InChI is InChI=1S/C23H23ClN2O3/c24-17-8-10-18(11-9-17)29-15-14-26-16-20(19-6-2-3-7-21(19)26)22(27)23(28)25-12-4-1-5-13-25/h2-3,6-11,16H,1,4-5,12-15H2. The summed E-state index contributed by atoms with van der Waals surface area (Å²) in [6.45, 7) is 2.33. The van der Waals surface area contributed by atoms with E-state index in [-0.39, 0.29) is 0 Å². The highest BCUT2D eigenvalue weighted by molar-refractivity contribution is 6.44. The number of Topliss-reactive ketones (excluding diaryl/α,β-unsaturated/α-hetero) is 1. The lowest BCUT2D eigenvalue weighted by Crippen LogP contribution is -2.40. The number of carbonyl (C=O) groups is 2. The van der Waals surface area contributed by atoms with Gasteiger partial charge in [0.1, 0.15) is 12.4 Å². The molecule has 5 nitrogen and oxygen atoms in total. The number of nitrogens with zero attached hydrogens (tertiary/aromatic N) is 2. The average Bonchev–Trinajstić information content (AvgIpc) is 3.13. The molecule has 1 aliphatic heterocycles. The molecule has 3 aromatic rings. The molecule has 6 heteroatoms. The Morgan fingerprint density at radius 3 is 2.45 bits per heavy atom. The number of likely N-dealkylation sites (tertiary alicyclic amines) is 1. The summed E-state index contributed by atoms with van der Waals surface area (Å²) in [7, 11) is 0. The summed E-state index contributed by atoms with van der Waals surface area (Å²) in [5, 5.41) is 1.46. The number of aromatic nitrogens is 1. The molecule has 1 saturated heterocycles. The molecule has 0 atom stereocenters. The molecular weight excluding hydrogens is 388 g/mol.